The Kier molecular flexibility index (Phi) is 5.78. The molecular formula is C18H18FNO. The van der Waals surface area contributed by atoms with E-state index in [0.29, 0.717) is 6.61 Å². The van der Waals surface area contributed by atoms with Gasteiger partial charge in [-0.15, -0.1) is 0 Å². The molecule has 0 radical (unpaired) electrons. The van der Waals surface area contributed by atoms with E-state index in [-0.39, 0.29) is 11.7 Å². The van der Waals surface area contributed by atoms with Gasteiger partial charge in [0.15, 0.2) is 0 Å². The molecule has 3 heteroatoms. The van der Waals surface area contributed by atoms with E-state index in [1.807, 2.05) is 30.3 Å². The summed E-state index contributed by atoms with van der Waals surface area (Å²) in [5, 5.41) is 9.21. The Morgan fingerprint density at radius 1 is 1.00 bits per heavy atom. The maximum absolute atomic E-state index is 12.9. The van der Waals surface area contributed by atoms with Crippen LogP contribution in [0.3, 0.4) is 0 Å². The summed E-state index contributed by atoms with van der Waals surface area (Å²) in [6.07, 6.45) is 2.57. The van der Waals surface area contributed by atoms with E-state index in [2.05, 4.69) is 6.07 Å². The molecule has 2 aromatic carbocycles. The van der Waals surface area contributed by atoms with Crippen molar-refractivity contribution < 1.29 is 9.13 Å². The van der Waals surface area contributed by atoms with Crippen molar-refractivity contribution in [3.8, 4) is 11.8 Å². The molecule has 2 rings (SSSR count). The maximum Gasteiger partial charge on any atom is 0.123 e. The molecule has 0 saturated heterocycles. The summed E-state index contributed by atoms with van der Waals surface area (Å²) in [5.74, 6) is 0.418. The van der Waals surface area contributed by atoms with Crippen LogP contribution >= 0.6 is 0 Å². The smallest absolute Gasteiger partial charge is 0.123 e. The van der Waals surface area contributed by atoms with E-state index in [4.69, 9.17) is 4.74 Å². The SMILES string of the molecule is N#CC(CCCCOc1ccccc1)c1ccc(F)cc1. The van der Waals surface area contributed by atoms with Crippen LogP contribution in [0.15, 0.2) is 54.6 Å². The molecule has 1 atom stereocenters. The second kappa shape index (κ2) is 8.06. The van der Waals surface area contributed by atoms with Crippen LogP contribution in [0.5, 0.6) is 5.75 Å². The molecule has 108 valence electrons. The number of ether oxygens (including phenoxy) is 1. The highest BCUT2D eigenvalue weighted by molar-refractivity contribution is 5.25. The van der Waals surface area contributed by atoms with E-state index >= 15 is 0 Å². The predicted octanol–water partition coefficient (Wildman–Crippen LogP) is 4.68. The van der Waals surface area contributed by atoms with E-state index in [9.17, 15) is 9.65 Å². The fraction of sp³-hybridized carbons (Fsp3) is 0.278. The highest BCUT2D eigenvalue weighted by Gasteiger charge is 2.10. The number of halogens is 1. The summed E-state index contributed by atoms with van der Waals surface area (Å²) in [4.78, 5) is 0. The number of hydrogen-bond donors (Lipinski definition) is 0. The third-order valence-corrected chi connectivity index (χ3v) is 3.33. The van der Waals surface area contributed by atoms with Crippen molar-refractivity contribution in [2.45, 2.75) is 25.2 Å². The highest BCUT2D eigenvalue weighted by atomic mass is 19.1. The summed E-state index contributed by atoms with van der Waals surface area (Å²) in [5.41, 5.74) is 0.878. The first kappa shape index (κ1) is 15.1. The van der Waals surface area contributed by atoms with E-state index in [1.54, 1.807) is 12.1 Å². The minimum absolute atomic E-state index is 0.178. The average Bonchev–Trinajstić information content (AvgIpc) is 2.53. The van der Waals surface area contributed by atoms with Crippen molar-refractivity contribution in [1.82, 2.24) is 0 Å². The normalized spacial score (nSPS) is 11.6. The molecule has 0 fully saturated rings. The summed E-state index contributed by atoms with van der Waals surface area (Å²) in [6.45, 7) is 0.644. The monoisotopic (exact) mass is 283 g/mol. The molecule has 0 aliphatic heterocycles. The first-order chi connectivity index (χ1) is 10.3. The van der Waals surface area contributed by atoms with Crippen LogP contribution in [0.25, 0.3) is 0 Å². The Morgan fingerprint density at radius 2 is 1.71 bits per heavy atom. The number of hydrogen-bond acceptors (Lipinski definition) is 2. The quantitative estimate of drug-likeness (QED) is 0.691. The molecule has 0 bridgehead atoms. The Morgan fingerprint density at radius 3 is 2.38 bits per heavy atom. The van der Waals surface area contributed by atoms with Gasteiger partial charge >= 0.3 is 0 Å². The topological polar surface area (TPSA) is 33.0 Å². The lowest BCUT2D eigenvalue weighted by Crippen LogP contribution is -2.00. The number of nitrogens with zero attached hydrogens (tertiary/aromatic N) is 1. The fourth-order valence-corrected chi connectivity index (χ4v) is 2.16. The van der Waals surface area contributed by atoms with Crippen molar-refractivity contribution in [3.05, 3.63) is 66.0 Å². The second-order valence-electron chi connectivity index (χ2n) is 4.89. The molecule has 0 saturated carbocycles. The maximum atomic E-state index is 12.9. The molecule has 2 nitrogen and oxygen atoms in total. The molecule has 0 spiro atoms. The number of rotatable bonds is 7. The predicted molar refractivity (Wildman–Crippen MR) is 80.5 cm³/mol. The molecular weight excluding hydrogens is 265 g/mol. The molecule has 1 unspecified atom stereocenters. The first-order valence-corrected chi connectivity index (χ1v) is 7.12. The van der Waals surface area contributed by atoms with Crippen LogP contribution in [-0.2, 0) is 0 Å². The Labute approximate surface area is 124 Å². The van der Waals surface area contributed by atoms with Gasteiger partial charge in [-0.1, -0.05) is 30.3 Å². The van der Waals surface area contributed by atoms with Crippen LogP contribution in [0.4, 0.5) is 4.39 Å². The number of benzene rings is 2. The molecule has 0 heterocycles. The van der Waals surface area contributed by atoms with Gasteiger partial charge in [0.2, 0.25) is 0 Å². The zero-order valence-corrected chi connectivity index (χ0v) is 11.8. The lowest BCUT2D eigenvalue weighted by atomic mass is 9.95. The van der Waals surface area contributed by atoms with Crippen molar-refractivity contribution in [2.24, 2.45) is 0 Å². The largest absolute Gasteiger partial charge is 0.494 e. The summed E-state index contributed by atoms with van der Waals surface area (Å²) >= 11 is 0. The number of unbranched alkanes of at least 4 members (excludes halogenated alkanes) is 1. The Hall–Kier alpha value is -2.34. The van der Waals surface area contributed by atoms with Gasteiger partial charge in [0.1, 0.15) is 11.6 Å². The van der Waals surface area contributed by atoms with Gasteiger partial charge in [-0.2, -0.15) is 5.26 Å². The zero-order chi connectivity index (χ0) is 14.9. The molecule has 0 aliphatic carbocycles. The van der Waals surface area contributed by atoms with Crippen molar-refractivity contribution in [2.75, 3.05) is 6.61 Å². The fourth-order valence-electron chi connectivity index (χ4n) is 2.16. The van der Waals surface area contributed by atoms with Gasteiger partial charge < -0.3 is 4.74 Å². The summed E-state index contributed by atoms with van der Waals surface area (Å²) in [6, 6.07) is 18.1. The van der Waals surface area contributed by atoms with Crippen molar-refractivity contribution in [3.63, 3.8) is 0 Å². The van der Waals surface area contributed by atoms with Gasteiger partial charge in [0.25, 0.3) is 0 Å². The van der Waals surface area contributed by atoms with Crippen LogP contribution in [0.2, 0.25) is 0 Å². The highest BCUT2D eigenvalue weighted by Crippen LogP contribution is 2.21. The second-order valence-corrected chi connectivity index (χ2v) is 4.89. The van der Waals surface area contributed by atoms with Gasteiger partial charge in [-0.25, -0.2) is 4.39 Å². The minimum atomic E-state index is -0.272. The van der Waals surface area contributed by atoms with E-state index in [1.165, 1.54) is 12.1 Å². The average molecular weight is 283 g/mol. The van der Waals surface area contributed by atoms with Gasteiger partial charge in [0, 0.05) is 0 Å². The zero-order valence-electron chi connectivity index (χ0n) is 11.8. The number of para-hydroxylation sites is 1. The van der Waals surface area contributed by atoms with Gasteiger partial charge in [-0.05, 0) is 49.1 Å². The van der Waals surface area contributed by atoms with Crippen LogP contribution in [0, 0.1) is 17.1 Å². The van der Waals surface area contributed by atoms with Crippen LogP contribution in [-0.4, -0.2) is 6.61 Å². The van der Waals surface area contributed by atoms with Gasteiger partial charge in [0.05, 0.1) is 18.6 Å². The van der Waals surface area contributed by atoms with E-state index < -0.39 is 0 Å². The van der Waals surface area contributed by atoms with E-state index in [0.717, 1.165) is 30.6 Å². The lowest BCUT2D eigenvalue weighted by Gasteiger charge is -2.10. The lowest BCUT2D eigenvalue weighted by molar-refractivity contribution is 0.304. The Balaban J connectivity index is 1.72. The third-order valence-electron chi connectivity index (χ3n) is 3.33. The van der Waals surface area contributed by atoms with Crippen molar-refractivity contribution >= 4 is 0 Å². The molecule has 0 aliphatic rings. The summed E-state index contributed by atoms with van der Waals surface area (Å²) < 4.78 is 18.5. The third kappa shape index (κ3) is 4.92. The van der Waals surface area contributed by atoms with Crippen LogP contribution in [0.1, 0.15) is 30.7 Å². The molecule has 0 amide bonds. The standard InChI is InChI=1S/C18H18FNO/c19-17-11-9-15(10-12-17)16(14-20)6-4-5-13-21-18-7-2-1-3-8-18/h1-3,7-12,16H,4-6,13H2. The van der Waals surface area contributed by atoms with Crippen LogP contribution < -0.4 is 4.74 Å². The first-order valence-electron chi connectivity index (χ1n) is 7.12. The number of nitriles is 1. The van der Waals surface area contributed by atoms with Crippen molar-refractivity contribution in [1.29, 1.82) is 5.26 Å². The molecule has 0 N–H and O–H groups in total. The Bertz CT molecular complexity index is 574. The molecule has 0 aromatic heterocycles. The molecule has 21 heavy (non-hydrogen) atoms. The summed E-state index contributed by atoms with van der Waals surface area (Å²) in [7, 11) is 0. The minimum Gasteiger partial charge on any atom is -0.494 e. The molecule has 2 aromatic rings. The van der Waals surface area contributed by atoms with Gasteiger partial charge in [-0.3, -0.25) is 0 Å².